The van der Waals surface area contributed by atoms with Crippen molar-refractivity contribution in [2.45, 2.75) is 46.1 Å². The van der Waals surface area contributed by atoms with Crippen molar-refractivity contribution in [3.05, 3.63) is 0 Å². The predicted octanol–water partition coefficient (Wildman–Crippen LogP) is 3.46. The van der Waals surface area contributed by atoms with E-state index in [0.717, 1.165) is 24.8 Å². The first kappa shape index (κ1) is 11.3. The van der Waals surface area contributed by atoms with Gasteiger partial charge in [-0.15, -0.1) is 11.6 Å². The van der Waals surface area contributed by atoms with E-state index in [0.29, 0.717) is 6.10 Å². The lowest BCUT2D eigenvalue weighted by Gasteiger charge is -2.30. The highest BCUT2D eigenvalue weighted by atomic mass is 35.5. The molecule has 1 rings (SSSR count). The largest absolute Gasteiger partial charge is 0.378 e. The Morgan fingerprint density at radius 1 is 1.54 bits per heavy atom. The Kier molecular flexibility index (Phi) is 4.06. The van der Waals surface area contributed by atoms with Gasteiger partial charge in [0.05, 0.1) is 6.10 Å². The molecule has 78 valence electrons. The Bertz CT molecular complexity index is 158. The molecule has 1 nitrogen and oxygen atoms in total. The number of hydrogen-bond donors (Lipinski definition) is 0. The Hall–Kier alpha value is 0.250. The third kappa shape index (κ3) is 2.60. The van der Waals surface area contributed by atoms with Crippen molar-refractivity contribution < 1.29 is 4.74 Å². The van der Waals surface area contributed by atoms with Crippen LogP contribution in [-0.2, 0) is 4.74 Å². The van der Waals surface area contributed by atoms with Gasteiger partial charge in [0.25, 0.3) is 0 Å². The fourth-order valence-electron chi connectivity index (χ4n) is 1.97. The standard InChI is InChI=1S/C11H21ClO/c1-9(2)4-5-11(8-12)6-7-13-10(11)3/h9-10H,4-8H2,1-3H3. The SMILES string of the molecule is CC(C)CCC1(CCl)CCOC1C. The fraction of sp³-hybridized carbons (Fsp3) is 1.00. The summed E-state index contributed by atoms with van der Waals surface area (Å²) in [6.45, 7) is 7.59. The molecular weight excluding hydrogens is 184 g/mol. The highest BCUT2D eigenvalue weighted by molar-refractivity contribution is 6.18. The zero-order chi connectivity index (χ0) is 9.90. The van der Waals surface area contributed by atoms with Crippen molar-refractivity contribution in [1.29, 1.82) is 0 Å². The molecular formula is C11H21ClO. The second-order valence-electron chi connectivity index (χ2n) is 4.69. The molecule has 0 amide bonds. The van der Waals surface area contributed by atoms with Gasteiger partial charge in [-0.05, 0) is 25.7 Å². The minimum absolute atomic E-state index is 0.270. The van der Waals surface area contributed by atoms with Crippen LogP contribution in [0.1, 0.15) is 40.0 Å². The molecule has 1 aliphatic rings. The number of rotatable bonds is 4. The molecule has 2 heteroatoms. The summed E-state index contributed by atoms with van der Waals surface area (Å²) in [5.74, 6) is 1.52. The molecule has 1 aliphatic heterocycles. The first-order chi connectivity index (χ1) is 6.10. The van der Waals surface area contributed by atoms with E-state index < -0.39 is 0 Å². The Labute approximate surface area is 86.8 Å². The van der Waals surface area contributed by atoms with Crippen molar-refractivity contribution in [1.82, 2.24) is 0 Å². The van der Waals surface area contributed by atoms with Crippen LogP contribution >= 0.6 is 11.6 Å². The fourth-order valence-corrected chi connectivity index (χ4v) is 2.45. The molecule has 1 saturated heterocycles. The minimum atomic E-state index is 0.270. The zero-order valence-corrected chi connectivity index (χ0v) is 9.73. The van der Waals surface area contributed by atoms with E-state index in [-0.39, 0.29) is 5.41 Å². The average molecular weight is 205 g/mol. The van der Waals surface area contributed by atoms with Crippen LogP contribution in [0.5, 0.6) is 0 Å². The molecule has 1 fully saturated rings. The van der Waals surface area contributed by atoms with Gasteiger partial charge in [-0.3, -0.25) is 0 Å². The van der Waals surface area contributed by atoms with Gasteiger partial charge in [-0.25, -0.2) is 0 Å². The van der Waals surface area contributed by atoms with E-state index in [4.69, 9.17) is 16.3 Å². The van der Waals surface area contributed by atoms with Gasteiger partial charge in [0.15, 0.2) is 0 Å². The van der Waals surface area contributed by atoms with Gasteiger partial charge in [0, 0.05) is 17.9 Å². The zero-order valence-electron chi connectivity index (χ0n) is 8.98. The summed E-state index contributed by atoms with van der Waals surface area (Å²) >= 11 is 6.06. The van der Waals surface area contributed by atoms with E-state index in [1.165, 1.54) is 12.8 Å². The highest BCUT2D eigenvalue weighted by Crippen LogP contribution is 2.41. The smallest absolute Gasteiger partial charge is 0.0615 e. The van der Waals surface area contributed by atoms with Crippen LogP contribution in [0.25, 0.3) is 0 Å². The molecule has 0 radical (unpaired) electrons. The monoisotopic (exact) mass is 204 g/mol. The van der Waals surface area contributed by atoms with E-state index in [9.17, 15) is 0 Å². The summed E-state index contributed by atoms with van der Waals surface area (Å²) in [6.07, 6.45) is 3.98. The van der Waals surface area contributed by atoms with Crippen LogP contribution in [0.15, 0.2) is 0 Å². The van der Waals surface area contributed by atoms with E-state index in [1.807, 2.05) is 0 Å². The highest BCUT2D eigenvalue weighted by Gasteiger charge is 2.40. The Balaban J connectivity index is 2.49. The first-order valence-electron chi connectivity index (χ1n) is 5.28. The van der Waals surface area contributed by atoms with Gasteiger partial charge in [0.2, 0.25) is 0 Å². The van der Waals surface area contributed by atoms with Gasteiger partial charge in [-0.1, -0.05) is 20.3 Å². The maximum Gasteiger partial charge on any atom is 0.0615 e. The number of hydrogen-bond acceptors (Lipinski definition) is 1. The normalized spacial score (nSPS) is 34.4. The third-order valence-electron chi connectivity index (χ3n) is 3.32. The van der Waals surface area contributed by atoms with Crippen molar-refractivity contribution in [2.24, 2.45) is 11.3 Å². The molecule has 0 bridgehead atoms. The quantitative estimate of drug-likeness (QED) is 0.638. The predicted molar refractivity (Wildman–Crippen MR) is 57.3 cm³/mol. The minimum Gasteiger partial charge on any atom is -0.378 e. The number of alkyl halides is 1. The summed E-state index contributed by atoms with van der Waals surface area (Å²) in [7, 11) is 0. The molecule has 0 N–H and O–H groups in total. The maximum atomic E-state index is 6.06. The first-order valence-corrected chi connectivity index (χ1v) is 5.82. The van der Waals surface area contributed by atoms with Gasteiger partial charge in [0.1, 0.15) is 0 Å². The molecule has 0 aliphatic carbocycles. The molecule has 0 spiro atoms. The van der Waals surface area contributed by atoms with Crippen molar-refractivity contribution >= 4 is 11.6 Å². The molecule has 0 saturated carbocycles. The third-order valence-corrected chi connectivity index (χ3v) is 3.85. The van der Waals surface area contributed by atoms with Crippen molar-refractivity contribution in [2.75, 3.05) is 12.5 Å². The van der Waals surface area contributed by atoms with E-state index in [1.54, 1.807) is 0 Å². The molecule has 0 aromatic carbocycles. The molecule has 1 heterocycles. The van der Waals surface area contributed by atoms with E-state index >= 15 is 0 Å². The lowest BCUT2D eigenvalue weighted by atomic mass is 9.78. The molecule has 0 aromatic rings. The van der Waals surface area contributed by atoms with Gasteiger partial charge < -0.3 is 4.74 Å². The van der Waals surface area contributed by atoms with Crippen molar-refractivity contribution in [3.63, 3.8) is 0 Å². The Morgan fingerprint density at radius 2 is 2.23 bits per heavy atom. The average Bonchev–Trinajstić information content (AvgIpc) is 2.45. The topological polar surface area (TPSA) is 9.23 Å². The summed E-state index contributed by atoms with van der Waals surface area (Å²) < 4.78 is 5.61. The second-order valence-corrected chi connectivity index (χ2v) is 4.96. The molecule has 2 atom stereocenters. The second kappa shape index (κ2) is 4.65. The summed E-state index contributed by atoms with van der Waals surface area (Å²) in [6, 6.07) is 0. The van der Waals surface area contributed by atoms with Gasteiger partial charge >= 0.3 is 0 Å². The molecule has 0 aromatic heterocycles. The van der Waals surface area contributed by atoms with Crippen LogP contribution in [-0.4, -0.2) is 18.6 Å². The van der Waals surface area contributed by atoms with Crippen LogP contribution in [0.3, 0.4) is 0 Å². The van der Waals surface area contributed by atoms with E-state index in [2.05, 4.69) is 20.8 Å². The van der Waals surface area contributed by atoms with Crippen LogP contribution in [0.4, 0.5) is 0 Å². The summed E-state index contributed by atoms with van der Waals surface area (Å²) in [5.41, 5.74) is 0.270. The number of ether oxygens (including phenoxy) is 1. The lowest BCUT2D eigenvalue weighted by Crippen LogP contribution is -2.31. The van der Waals surface area contributed by atoms with Crippen LogP contribution < -0.4 is 0 Å². The van der Waals surface area contributed by atoms with Crippen LogP contribution in [0, 0.1) is 11.3 Å². The Morgan fingerprint density at radius 3 is 2.62 bits per heavy atom. The van der Waals surface area contributed by atoms with Gasteiger partial charge in [-0.2, -0.15) is 0 Å². The van der Waals surface area contributed by atoms with Crippen LogP contribution in [0.2, 0.25) is 0 Å². The maximum absolute atomic E-state index is 6.06. The summed E-state index contributed by atoms with van der Waals surface area (Å²) in [5, 5.41) is 0. The molecule has 2 unspecified atom stereocenters. The van der Waals surface area contributed by atoms with Crippen molar-refractivity contribution in [3.8, 4) is 0 Å². The summed E-state index contributed by atoms with van der Waals surface area (Å²) in [4.78, 5) is 0. The molecule has 13 heavy (non-hydrogen) atoms. The number of halogens is 1. The lowest BCUT2D eigenvalue weighted by molar-refractivity contribution is 0.0669.